The molecule has 4 nitrogen and oxygen atoms in total. The highest BCUT2D eigenvalue weighted by molar-refractivity contribution is 6.42. The Balaban J connectivity index is 1.75. The molecular weight excluding hydrogens is 321 g/mol. The van der Waals surface area contributed by atoms with Crippen molar-refractivity contribution in [2.24, 2.45) is 0 Å². The number of carbonyl (C=O) groups excluding carboxylic acids is 1. The number of halogens is 2. The summed E-state index contributed by atoms with van der Waals surface area (Å²) in [7, 11) is 0. The molecule has 1 aliphatic rings. The Morgan fingerprint density at radius 1 is 1.14 bits per heavy atom. The average Bonchev–Trinajstić information content (AvgIpc) is 2.50. The van der Waals surface area contributed by atoms with Crippen LogP contribution in [0.3, 0.4) is 0 Å². The summed E-state index contributed by atoms with van der Waals surface area (Å²) in [5, 5.41) is 12.3. The van der Waals surface area contributed by atoms with Gasteiger partial charge in [-0.25, -0.2) is 0 Å². The van der Waals surface area contributed by atoms with Gasteiger partial charge in [-0.15, -0.1) is 10.2 Å². The number of benzene rings is 1. The molecule has 0 unspecified atom stereocenters. The van der Waals surface area contributed by atoms with Gasteiger partial charge in [0.25, 0.3) is 0 Å². The summed E-state index contributed by atoms with van der Waals surface area (Å²) in [6, 6.07) is 9.24. The molecular formula is C16H15Cl2N3O. The average molecular weight is 336 g/mol. The van der Waals surface area contributed by atoms with Crippen molar-refractivity contribution in [3.8, 4) is 0 Å². The van der Waals surface area contributed by atoms with Crippen LogP contribution < -0.4 is 5.32 Å². The van der Waals surface area contributed by atoms with E-state index in [1.165, 1.54) is 12.0 Å². The van der Waals surface area contributed by atoms with Crippen LogP contribution in [0.2, 0.25) is 10.0 Å². The molecule has 6 heteroatoms. The molecule has 1 aliphatic carbocycles. The fourth-order valence-corrected chi connectivity index (χ4v) is 3.05. The lowest BCUT2D eigenvalue weighted by molar-refractivity contribution is 0.111. The maximum Gasteiger partial charge on any atom is 0.170 e. The van der Waals surface area contributed by atoms with Crippen molar-refractivity contribution in [1.29, 1.82) is 0 Å². The van der Waals surface area contributed by atoms with Crippen LogP contribution in [0.4, 0.5) is 5.82 Å². The minimum atomic E-state index is 0.0548. The van der Waals surface area contributed by atoms with Crippen molar-refractivity contribution in [3.05, 3.63) is 51.6 Å². The number of anilines is 1. The predicted octanol–water partition coefficient (Wildman–Crippen LogP) is 4.13. The fourth-order valence-electron chi connectivity index (χ4n) is 2.76. The topological polar surface area (TPSA) is 54.9 Å². The minimum absolute atomic E-state index is 0.0548. The lowest BCUT2D eigenvalue weighted by Gasteiger charge is -2.42. The van der Waals surface area contributed by atoms with E-state index >= 15 is 0 Å². The molecule has 0 saturated heterocycles. The largest absolute Gasteiger partial charge is 0.368 e. The van der Waals surface area contributed by atoms with Crippen molar-refractivity contribution in [2.75, 3.05) is 11.9 Å². The standard InChI is InChI=1S/C16H15Cl2N3O/c17-13-4-2-11(8-14(13)18)16(6-1-7-16)10-19-15-5-3-12(9-22)20-21-15/h2-5,8-9H,1,6-7,10H2,(H,19,21). The first-order chi connectivity index (χ1) is 10.6. The molecule has 1 N–H and O–H groups in total. The molecule has 1 heterocycles. The van der Waals surface area contributed by atoms with Crippen LogP contribution >= 0.6 is 23.2 Å². The number of nitrogens with zero attached hydrogens (tertiary/aromatic N) is 2. The minimum Gasteiger partial charge on any atom is -0.368 e. The van der Waals surface area contributed by atoms with E-state index in [0.29, 0.717) is 27.8 Å². The van der Waals surface area contributed by atoms with Gasteiger partial charge in [0, 0.05) is 12.0 Å². The highest BCUT2D eigenvalue weighted by atomic mass is 35.5. The Kier molecular flexibility index (Phi) is 4.32. The Labute approximate surface area is 138 Å². The van der Waals surface area contributed by atoms with Gasteiger partial charge in [-0.05, 0) is 42.7 Å². The molecule has 0 spiro atoms. The second-order valence-corrected chi connectivity index (χ2v) is 6.39. The molecule has 1 fully saturated rings. The van der Waals surface area contributed by atoms with Crippen LogP contribution in [0.25, 0.3) is 0 Å². The second kappa shape index (κ2) is 6.23. The zero-order valence-electron chi connectivity index (χ0n) is 11.9. The van der Waals surface area contributed by atoms with Crippen molar-refractivity contribution in [3.63, 3.8) is 0 Å². The van der Waals surface area contributed by atoms with E-state index in [1.807, 2.05) is 18.2 Å². The Morgan fingerprint density at radius 3 is 2.50 bits per heavy atom. The van der Waals surface area contributed by atoms with Gasteiger partial charge in [-0.2, -0.15) is 0 Å². The third kappa shape index (κ3) is 2.94. The summed E-state index contributed by atoms with van der Waals surface area (Å²) in [5.41, 5.74) is 1.57. The Hall–Kier alpha value is -1.65. The molecule has 0 radical (unpaired) electrons. The normalized spacial score (nSPS) is 15.9. The highest BCUT2D eigenvalue weighted by Crippen LogP contribution is 2.45. The third-order valence-corrected chi connectivity index (χ3v) is 5.00. The van der Waals surface area contributed by atoms with E-state index in [9.17, 15) is 4.79 Å². The van der Waals surface area contributed by atoms with Crippen molar-refractivity contribution >= 4 is 35.3 Å². The number of carbonyl (C=O) groups is 1. The van der Waals surface area contributed by atoms with Crippen LogP contribution in [0.5, 0.6) is 0 Å². The number of aldehydes is 1. The number of hydrogen-bond acceptors (Lipinski definition) is 4. The maximum absolute atomic E-state index is 10.6. The molecule has 1 saturated carbocycles. The summed E-state index contributed by atoms with van der Waals surface area (Å²) in [6.45, 7) is 0.750. The summed E-state index contributed by atoms with van der Waals surface area (Å²) in [6.07, 6.45) is 4.06. The van der Waals surface area contributed by atoms with Crippen LogP contribution in [0.15, 0.2) is 30.3 Å². The Bertz CT molecular complexity index is 684. The molecule has 0 atom stereocenters. The first kappa shape index (κ1) is 15.3. The first-order valence-corrected chi connectivity index (χ1v) is 7.87. The van der Waals surface area contributed by atoms with Gasteiger partial charge < -0.3 is 5.32 Å². The van der Waals surface area contributed by atoms with Gasteiger partial charge in [0.05, 0.1) is 10.0 Å². The fraction of sp³-hybridized carbons (Fsp3) is 0.312. The zero-order chi connectivity index (χ0) is 15.6. The smallest absolute Gasteiger partial charge is 0.170 e. The van der Waals surface area contributed by atoms with Crippen molar-refractivity contribution in [1.82, 2.24) is 10.2 Å². The van der Waals surface area contributed by atoms with Crippen LogP contribution in [0.1, 0.15) is 35.3 Å². The van der Waals surface area contributed by atoms with Crippen LogP contribution in [-0.2, 0) is 5.41 Å². The monoisotopic (exact) mass is 335 g/mol. The van der Waals surface area contributed by atoms with Crippen LogP contribution in [-0.4, -0.2) is 23.0 Å². The molecule has 0 aliphatic heterocycles. The molecule has 3 rings (SSSR count). The van der Waals surface area contributed by atoms with Gasteiger partial charge in [-0.1, -0.05) is 35.7 Å². The Morgan fingerprint density at radius 2 is 1.95 bits per heavy atom. The summed E-state index contributed by atoms with van der Waals surface area (Å²) >= 11 is 12.1. The lowest BCUT2D eigenvalue weighted by atomic mass is 9.64. The van der Waals surface area contributed by atoms with Gasteiger partial charge >= 0.3 is 0 Å². The third-order valence-electron chi connectivity index (χ3n) is 4.26. The van der Waals surface area contributed by atoms with Gasteiger partial charge in [0.15, 0.2) is 6.29 Å². The SMILES string of the molecule is O=Cc1ccc(NCC2(c3ccc(Cl)c(Cl)c3)CCC2)nn1. The molecule has 22 heavy (non-hydrogen) atoms. The summed E-state index contributed by atoms with van der Waals surface area (Å²) < 4.78 is 0. The number of hydrogen-bond donors (Lipinski definition) is 1. The van der Waals surface area contributed by atoms with Crippen LogP contribution in [0, 0.1) is 0 Å². The summed E-state index contributed by atoms with van der Waals surface area (Å²) in [4.78, 5) is 10.6. The van der Waals surface area contributed by atoms with Gasteiger partial charge in [0.1, 0.15) is 11.5 Å². The van der Waals surface area contributed by atoms with E-state index < -0.39 is 0 Å². The van der Waals surface area contributed by atoms with Gasteiger partial charge in [0.2, 0.25) is 0 Å². The quantitative estimate of drug-likeness (QED) is 0.834. The van der Waals surface area contributed by atoms with E-state index in [-0.39, 0.29) is 5.41 Å². The van der Waals surface area contributed by atoms with Crippen molar-refractivity contribution < 1.29 is 4.79 Å². The highest BCUT2D eigenvalue weighted by Gasteiger charge is 2.38. The maximum atomic E-state index is 10.6. The van der Waals surface area contributed by atoms with Crippen molar-refractivity contribution in [2.45, 2.75) is 24.7 Å². The first-order valence-electron chi connectivity index (χ1n) is 7.11. The molecule has 1 aromatic carbocycles. The van der Waals surface area contributed by atoms with Gasteiger partial charge in [-0.3, -0.25) is 4.79 Å². The summed E-state index contributed by atoms with van der Waals surface area (Å²) in [5.74, 6) is 0.664. The molecule has 0 bridgehead atoms. The van der Waals surface area contributed by atoms with E-state index in [4.69, 9.17) is 23.2 Å². The lowest BCUT2D eigenvalue weighted by Crippen LogP contribution is -2.41. The van der Waals surface area contributed by atoms with E-state index in [2.05, 4.69) is 15.5 Å². The molecule has 1 aromatic heterocycles. The zero-order valence-corrected chi connectivity index (χ0v) is 13.4. The predicted molar refractivity (Wildman–Crippen MR) is 87.9 cm³/mol. The number of aromatic nitrogens is 2. The van der Waals surface area contributed by atoms with E-state index in [0.717, 1.165) is 19.4 Å². The molecule has 114 valence electrons. The second-order valence-electron chi connectivity index (χ2n) is 5.58. The number of nitrogens with one attached hydrogen (secondary N) is 1. The number of rotatable bonds is 5. The molecule has 2 aromatic rings. The van der Waals surface area contributed by atoms with E-state index in [1.54, 1.807) is 12.1 Å². The molecule has 0 amide bonds.